The van der Waals surface area contributed by atoms with E-state index in [0.29, 0.717) is 0 Å². The van der Waals surface area contributed by atoms with Gasteiger partial charge in [-0.05, 0) is 32.1 Å². The van der Waals surface area contributed by atoms with E-state index in [4.69, 9.17) is 0 Å². The lowest BCUT2D eigenvalue weighted by Crippen LogP contribution is -2.25. The Hall–Kier alpha value is -1.40. The Bertz CT molecular complexity index is 487. The third kappa shape index (κ3) is 4.61. The van der Waals surface area contributed by atoms with E-state index in [2.05, 4.69) is 18.7 Å². The van der Waals surface area contributed by atoms with Gasteiger partial charge in [0.1, 0.15) is 0 Å². The smallest absolute Gasteiger partial charge is 0.281 e. The lowest BCUT2D eigenvalue weighted by Gasteiger charge is -2.17. The van der Waals surface area contributed by atoms with E-state index in [1.807, 2.05) is 0 Å². The molecule has 0 heterocycles. The zero-order valence-corrected chi connectivity index (χ0v) is 12.9. The zero-order chi connectivity index (χ0) is 15.1. The van der Waals surface area contributed by atoms with Crippen molar-refractivity contribution in [3.63, 3.8) is 0 Å². The van der Waals surface area contributed by atoms with E-state index in [1.54, 1.807) is 23.9 Å². The Morgan fingerprint density at radius 1 is 1.35 bits per heavy atom. The number of ketones is 1. The third-order valence-electron chi connectivity index (χ3n) is 3.12. The van der Waals surface area contributed by atoms with Crippen LogP contribution in [-0.2, 0) is 0 Å². The summed E-state index contributed by atoms with van der Waals surface area (Å²) in [6.07, 6.45) is 0. The molecule has 0 aromatic heterocycles. The number of carbonyl (C=O) groups is 1. The molecule has 0 aliphatic carbocycles. The first-order valence-corrected chi connectivity index (χ1v) is 7.62. The minimum atomic E-state index is -0.495. The molecule has 0 N–H and O–H groups in total. The molecule has 5 nitrogen and oxygen atoms in total. The van der Waals surface area contributed by atoms with Gasteiger partial charge >= 0.3 is 0 Å². The highest BCUT2D eigenvalue weighted by Gasteiger charge is 2.17. The van der Waals surface area contributed by atoms with Crippen LogP contribution in [0, 0.1) is 10.1 Å². The summed E-state index contributed by atoms with van der Waals surface area (Å²) < 4.78 is 0. The van der Waals surface area contributed by atoms with E-state index in [1.165, 1.54) is 13.0 Å². The molecule has 1 rings (SSSR count). The molecule has 0 aliphatic rings. The second-order valence-electron chi connectivity index (χ2n) is 4.37. The van der Waals surface area contributed by atoms with Crippen LogP contribution in [0.3, 0.4) is 0 Å². The normalized spacial score (nSPS) is 10.8. The molecule has 0 amide bonds. The summed E-state index contributed by atoms with van der Waals surface area (Å²) in [6.45, 7) is 8.51. The van der Waals surface area contributed by atoms with Gasteiger partial charge in [-0.2, -0.15) is 0 Å². The lowest BCUT2D eigenvalue weighted by molar-refractivity contribution is -0.385. The van der Waals surface area contributed by atoms with Crippen molar-refractivity contribution in [2.24, 2.45) is 0 Å². The van der Waals surface area contributed by atoms with E-state index >= 15 is 0 Å². The van der Waals surface area contributed by atoms with Crippen LogP contribution in [0.4, 0.5) is 5.69 Å². The fourth-order valence-corrected chi connectivity index (χ4v) is 2.83. The molecule has 110 valence electrons. The van der Waals surface area contributed by atoms with Crippen LogP contribution in [0.1, 0.15) is 31.1 Å². The van der Waals surface area contributed by atoms with Crippen molar-refractivity contribution in [1.29, 1.82) is 0 Å². The van der Waals surface area contributed by atoms with Gasteiger partial charge in [-0.25, -0.2) is 0 Å². The number of nitro groups is 1. The number of carbonyl (C=O) groups excluding carboxylic acids is 1. The molecule has 0 unspecified atom stereocenters. The maximum Gasteiger partial charge on any atom is 0.281 e. The summed E-state index contributed by atoms with van der Waals surface area (Å²) in [5, 5.41) is 11.0. The van der Waals surface area contributed by atoms with Crippen LogP contribution in [-0.4, -0.2) is 41.0 Å². The monoisotopic (exact) mass is 296 g/mol. The van der Waals surface area contributed by atoms with Crippen molar-refractivity contribution in [2.45, 2.75) is 25.7 Å². The van der Waals surface area contributed by atoms with Crippen molar-refractivity contribution in [3.8, 4) is 0 Å². The number of rotatable bonds is 8. The summed E-state index contributed by atoms with van der Waals surface area (Å²) >= 11 is 1.57. The van der Waals surface area contributed by atoms with E-state index in [9.17, 15) is 14.9 Å². The standard InChI is InChI=1S/C14H20N2O3S/c1-4-15(5-2)8-9-20-12-6-7-13(11(3)17)14(10-12)16(18)19/h6-7,10H,4-5,8-9H2,1-3H3. The first kappa shape index (κ1) is 16.7. The van der Waals surface area contributed by atoms with Gasteiger partial charge in [0.05, 0.1) is 10.5 Å². The van der Waals surface area contributed by atoms with Gasteiger partial charge in [0, 0.05) is 23.3 Å². The minimum absolute atomic E-state index is 0.106. The maximum atomic E-state index is 11.3. The first-order chi connectivity index (χ1) is 9.49. The molecule has 0 radical (unpaired) electrons. The summed E-state index contributed by atoms with van der Waals surface area (Å²) in [7, 11) is 0. The molecule has 0 fully saturated rings. The van der Waals surface area contributed by atoms with Crippen LogP contribution < -0.4 is 0 Å². The summed E-state index contributed by atoms with van der Waals surface area (Å²) in [5.74, 6) is 0.592. The first-order valence-electron chi connectivity index (χ1n) is 6.64. The predicted molar refractivity (Wildman–Crippen MR) is 81.6 cm³/mol. The molecular formula is C14H20N2O3S. The zero-order valence-electron chi connectivity index (χ0n) is 12.1. The molecule has 0 spiro atoms. The Labute approximate surface area is 123 Å². The number of Topliss-reactive ketones (excluding diaryl/α,β-unsaturated/α-hetero) is 1. The fraction of sp³-hybridized carbons (Fsp3) is 0.500. The van der Waals surface area contributed by atoms with Gasteiger partial charge < -0.3 is 4.90 Å². The number of hydrogen-bond donors (Lipinski definition) is 0. The second kappa shape index (κ2) is 8.01. The third-order valence-corrected chi connectivity index (χ3v) is 4.09. The largest absolute Gasteiger partial charge is 0.303 e. The van der Waals surface area contributed by atoms with Crippen LogP contribution in [0.2, 0.25) is 0 Å². The molecular weight excluding hydrogens is 276 g/mol. The summed E-state index contributed by atoms with van der Waals surface area (Å²) in [5.41, 5.74) is 0.0634. The van der Waals surface area contributed by atoms with Crippen LogP contribution in [0.25, 0.3) is 0 Å². The Morgan fingerprint density at radius 3 is 2.50 bits per heavy atom. The van der Waals surface area contributed by atoms with E-state index in [-0.39, 0.29) is 17.0 Å². The van der Waals surface area contributed by atoms with Crippen molar-refractivity contribution in [2.75, 3.05) is 25.4 Å². The highest BCUT2D eigenvalue weighted by atomic mass is 32.2. The molecule has 0 atom stereocenters. The molecule has 1 aromatic carbocycles. The van der Waals surface area contributed by atoms with Crippen LogP contribution in [0.15, 0.2) is 23.1 Å². The van der Waals surface area contributed by atoms with Crippen molar-refractivity contribution >= 4 is 23.2 Å². The van der Waals surface area contributed by atoms with Gasteiger partial charge in [-0.1, -0.05) is 13.8 Å². The van der Waals surface area contributed by atoms with Gasteiger partial charge in [0.2, 0.25) is 0 Å². The Kier molecular flexibility index (Phi) is 6.67. The minimum Gasteiger partial charge on any atom is -0.303 e. The van der Waals surface area contributed by atoms with Crippen molar-refractivity contribution in [3.05, 3.63) is 33.9 Å². The molecule has 1 aromatic rings. The van der Waals surface area contributed by atoms with Gasteiger partial charge in [-0.3, -0.25) is 14.9 Å². The average Bonchev–Trinajstić information content (AvgIpc) is 2.43. The van der Waals surface area contributed by atoms with Gasteiger partial charge in [0.25, 0.3) is 5.69 Å². The van der Waals surface area contributed by atoms with E-state index in [0.717, 1.165) is 30.3 Å². The number of hydrogen-bond acceptors (Lipinski definition) is 5. The molecule has 20 heavy (non-hydrogen) atoms. The van der Waals surface area contributed by atoms with Crippen LogP contribution >= 0.6 is 11.8 Å². The second-order valence-corrected chi connectivity index (χ2v) is 5.54. The topological polar surface area (TPSA) is 63.5 Å². The quantitative estimate of drug-likeness (QED) is 0.319. The van der Waals surface area contributed by atoms with Gasteiger partial charge in [-0.15, -0.1) is 11.8 Å². The molecule has 6 heteroatoms. The number of thioether (sulfide) groups is 1. The molecule has 0 bridgehead atoms. The summed E-state index contributed by atoms with van der Waals surface area (Å²) in [4.78, 5) is 25.0. The highest BCUT2D eigenvalue weighted by Crippen LogP contribution is 2.27. The lowest BCUT2D eigenvalue weighted by atomic mass is 10.1. The number of nitro benzene ring substituents is 1. The number of nitrogens with zero attached hydrogens (tertiary/aromatic N) is 2. The van der Waals surface area contributed by atoms with Crippen molar-refractivity contribution < 1.29 is 9.72 Å². The summed E-state index contributed by atoms with van der Waals surface area (Å²) in [6, 6.07) is 4.81. The number of benzene rings is 1. The van der Waals surface area contributed by atoms with Crippen molar-refractivity contribution in [1.82, 2.24) is 4.90 Å². The fourth-order valence-electron chi connectivity index (χ4n) is 1.88. The SMILES string of the molecule is CCN(CC)CCSc1ccc(C(C)=O)c([N+](=O)[O-])c1. The molecule has 0 saturated carbocycles. The Morgan fingerprint density at radius 2 is 2.00 bits per heavy atom. The highest BCUT2D eigenvalue weighted by molar-refractivity contribution is 7.99. The Balaban J connectivity index is 2.75. The maximum absolute atomic E-state index is 11.3. The predicted octanol–water partition coefficient (Wildman–Crippen LogP) is 3.23. The molecule has 0 saturated heterocycles. The molecule has 0 aliphatic heterocycles. The van der Waals surface area contributed by atoms with Crippen LogP contribution in [0.5, 0.6) is 0 Å². The van der Waals surface area contributed by atoms with Gasteiger partial charge in [0.15, 0.2) is 5.78 Å². The van der Waals surface area contributed by atoms with E-state index < -0.39 is 4.92 Å². The average molecular weight is 296 g/mol.